The van der Waals surface area contributed by atoms with Gasteiger partial charge in [0.25, 0.3) is 0 Å². The van der Waals surface area contributed by atoms with Crippen LogP contribution in [0.2, 0.25) is 0 Å². The molecule has 0 atom stereocenters. The summed E-state index contributed by atoms with van der Waals surface area (Å²) in [6.45, 7) is 4.48. The van der Waals surface area contributed by atoms with Crippen molar-refractivity contribution in [3.8, 4) is 0 Å². The number of rotatable bonds is 2. The summed E-state index contributed by atoms with van der Waals surface area (Å²) in [7, 11) is 0. The van der Waals surface area contributed by atoms with Crippen LogP contribution in [0.25, 0.3) is 21.5 Å². The molecule has 90 valence electrons. The third kappa shape index (κ3) is 1.60. The second kappa shape index (κ2) is 4.45. The van der Waals surface area contributed by atoms with Crippen molar-refractivity contribution < 1.29 is 0 Å². The molecule has 0 heteroatoms. The van der Waals surface area contributed by atoms with Crippen LogP contribution in [0.15, 0.2) is 48.5 Å². The Morgan fingerprint density at radius 2 is 1.50 bits per heavy atom. The van der Waals surface area contributed by atoms with Gasteiger partial charge >= 0.3 is 0 Å². The summed E-state index contributed by atoms with van der Waals surface area (Å²) in [6, 6.07) is 17.8. The van der Waals surface area contributed by atoms with Crippen LogP contribution in [0.1, 0.15) is 25.0 Å². The zero-order valence-corrected chi connectivity index (χ0v) is 11.0. The maximum Gasteiger partial charge on any atom is -0.0143 e. The van der Waals surface area contributed by atoms with E-state index < -0.39 is 0 Å². The van der Waals surface area contributed by atoms with Crippen molar-refractivity contribution >= 4 is 21.5 Å². The molecule has 0 radical (unpaired) electrons. The molecule has 0 N–H and O–H groups in total. The molecule has 0 saturated carbocycles. The first-order chi connectivity index (χ1) is 8.85. The van der Waals surface area contributed by atoms with Gasteiger partial charge in [0.1, 0.15) is 0 Å². The molecule has 3 aromatic rings. The molecule has 3 aromatic carbocycles. The van der Waals surface area contributed by atoms with Gasteiger partial charge in [-0.15, -0.1) is 0 Å². The Kier molecular flexibility index (Phi) is 2.79. The van der Waals surface area contributed by atoms with Gasteiger partial charge in [0.2, 0.25) is 0 Å². The molecule has 0 nitrogen and oxygen atoms in total. The Morgan fingerprint density at radius 1 is 0.722 bits per heavy atom. The minimum atomic E-state index is 1.09. The van der Waals surface area contributed by atoms with Crippen LogP contribution in [0.4, 0.5) is 0 Å². The lowest BCUT2D eigenvalue weighted by atomic mass is 9.92. The lowest BCUT2D eigenvalue weighted by Gasteiger charge is -2.12. The predicted molar refractivity (Wildman–Crippen MR) is 80.2 cm³/mol. The van der Waals surface area contributed by atoms with Crippen LogP contribution in [0.5, 0.6) is 0 Å². The third-order valence-corrected chi connectivity index (χ3v) is 3.84. The van der Waals surface area contributed by atoms with Crippen molar-refractivity contribution in [1.82, 2.24) is 0 Å². The van der Waals surface area contributed by atoms with E-state index in [1.165, 1.54) is 32.7 Å². The summed E-state index contributed by atoms with van der Waals surface area (Å²) in [4.78, 5) is 0. The van der Waals surface area contributed by atoms with Gasteiger partial charge in [-0.2, -0.15) is 0 Å². The zero-order chi connectivity index (χ0) is 12.5. The second-order valence-corrected chi connectivity index (χ2v) is 4.80. The highest BCUT2D eigenvalue weighted by molar-refractivity contribution is 6.03. The van der Waals surface area contributed by atoms with Crippen LogP contribution in [-0.2, 0) is 12.8 Å². The minimum Gasteiger partial charge on any atom is -0.0616 e. The Bertz CT molecular complexity index is 708. The van der Waals surface area contributed by atoms with Gasteiger partial charge < -0.3 is 0 Å². The lowest BCUT2D eigenvalue weighted by molar-refractivity contribution is 1.15. The molecular weight excluding hydrogens is 216 g/mol. The first-order valence-electron chi connectivity index (χ1n) is 6.77. The molecule has 0 amide bonds. The van der Waals surface area contributed by atoms with Crippen LogP contribution < -0.4 is 0 Å². The summed E-state index contributed by atoms with van der Waals surface area (Å²) in [5.74, 6) is 0. The average Bonchev–Trinajstić information content (AvgIpc) is 2.44. The first-order valence-corrected chi connectivity index (χ1v) is 6.77. The molecule has 0 spiro atoms. The quantitative estimate of drug-likeness (QED) is 0.540. The molecule has 0 fully saturated rings. The highest BCUT2D eigenvalue weighted by Gasteiger charge is 2.07. The van der Waals surface area contributed by atoms with Gasteiger partial charge in [-0.25, -0.2) is 0 Å². The van der Waals surface area contributed by atoms with E-state index in [2.05, 4.69) is 62.4 Å². The van der Waals surface area contributed by atoms with Crippen molar-refractivity contribution in [3.63, 3.8) is 0 Å². The lowest BCUT2D eigenvalue weighted by Crippen LogP contribution is -1.90. The Balaban J connectivity index is 2.53. The number of hydrogen-bond acceptors (Lipinski definition) is 0. The van der Waals surface area contributed by atoms with E-state index in [1.54, 1.807) is 0 Å². The van der Waals surface area contributed by atoms with Gasteiger partial charge in [-0.05, 0) is 51.6 Å². The third-order valence-electron chi connectivity index (χ3n) is 3.84. The number of aryl methyl sites for hydroxylation is 2. The Labute approximate surface area is 108 Å². The Morgan fingerprint density at radius 3 is 2.28 bits per heavy atom. The van der Waals surface area contributed by atoms with Crippen LogP contribution in [-0.4, -0.2) is 0 Å². The summed E-state index contributed by atoms with van der Waals surface area (Å²) in [5.41, 5.74) is 2.94. The fraction of sp³-hybridized carbons (Fsp3) is 0.222. The van der Waals surface area contributed by atoms with Crippen molar-refractivity contribution in [3.05, 3.63) is 59.7 Å². The van der Waals surface area contributed by atoms with Crippen LogP contribution >= 0.6 is 0 Å². The van der Waals surface area contributed by atoms with Crippen molar-refractivity contribution in [2.24, 2.45) is 0 Å². The maximum absolute atomic E-state index is 2.35. The SMILES string of the molecule is CCc1cccc2c(CC)c3ccccc3cc12. The highest BCUT2D eigenvalue weighted by atomic mass is 14.1. The zero-order valence-electron chi connectivity index (χ0n) is 11.0. The fourth-order valence-corrected chi connectivity index (χ4v) is 2.93. The highest BCUT2D eigenvalue weighted by Crippen LogP contribution is 2.30. The molecular formula is C18H18. The topological polar surface area (TPSA) is 0 Å². The molecule has 3 rings (SSSR count). The second-order valence-electron chi connectivity index (χ2n) is 4.80. The van der Waals surface area contributed by atoms with E-state index in [0.29, 0.717) is 0 Å². The van der Waals surface area contributed by atoms with Gasteiger partial charge in [0, 0.05) is 0 Å². The van der Waals surface area contributed by atoms with Crippen molar-refractivity contribution in [1.29, 1.82) is 0 Å². The van der Waals surface area contributed by atoms with E-state index >= 15 is 0 Å². The molecule has 0 unspecified atom stereocenters. The van der Waals surface area contributed by atoms with E-state index in [1.807, 2.05) is 0 Å². The van der Waals surface area contributed by atoms with Crippen molar-refractivity contribution in [2.45, 2.75) is 26.7 Å². The summed E-state index contributed by atoms with van der Waals surface area (Å²) < 4.78 is 0. The molecule has 0 heterocycles. The fourth-order valence-electron chi connectivity index (χ4n) is 2.93. The number of fused-ring (bicyclic) bond motifs is 2. The van der Waals surface area contributed by atoms with E-state index in [9.17, 15) is 0 Å². The molecule has 0 bridgehead atoms. The maximum atomic E-state index is 2.35. The minimum absolute atomic E-state index is 1.09. The standard InChI is InChI=1S/C18H18/c1-3-13-9-7-11-17-15(4-2)16-10-6-5-8-14(16)12-18(13)17/h5-12H,3-4H2,1-2H3. The molecule has 0 aromatic heterocycles. The van der Waals surface area contributed by atoms with E-state index in [0.717, 1.165) is 12.8 Å². The molecule has 0 aliphatic rings. The predicted octanol–water partition coefficient (Wildman–Crippen LogP) is 5.12. The van der Waals surface area contributed by atoms with Crippen LogP contribution in [0, 0.1) is 0 Å². The molecule has 0 aliphatic carbocycles. The van der Waals surface area contributed by atoms with E-state index in [-0.39, 0.29) is 0 Å². The smallest absolute Gasteiger partial charge is 0.0143 e. The summed E-state index contributed by atoms with van der Waals surface area (Å²) in [6.07, 6.45) is 2.18. The molecule has 18 heavy (non-hydrogen) atoms. The molecule has 0 aliphatic heterocycles. The van der Waals surface area contributed by atoms with Gasteiger partial charge in [-0.1, -0.05) is 56.3 Å². The first kappa shape index (κ1) is 11.3. The van der Waals surface area contributed by atoms with Crippen molar-refractivity contribution in [2.75, 3.05) is 0 Å². The van der Waals surface area contributed by atoms with E-state index in [4.69, 9.17) is 0 Å². The molecule has 0 saturated heterocycles. The van der Waals surface area contributed by atoms with Gasteiger partial charge in [0.05, 0.1) is 0 Å². The van der Waals surface area contributed by atoms with Gasteiger partial charge in [-0.3, -0.25) is 0 Å². The van der Waals surface area contributed by atoms with Gasteiger partial charge in [0.15, 0.2) is 0 Å². The summed E-state index contributed by atoms with van der Waals surface area (Å²) in [5, 5.41) is 5.62. The average molecular weight is 234 g/mol. The number of benzene rings is 3. The van der Waals surface area contributed by atoms with Crippen LogP contribution in [0.3, 0.4) is 0 Å². The normalized spacial score (nSPS) is 11.2. The summed E-state index contributed by atoms with van der Waals surface area (Å²) >= 11 is 0. The monoisotopic (exact) mass is 234 g/mol. The number of hydrogen-bond donors (Lipinski definition) is 0. The largest absolute Gasteiger partial charge is 0.0616 e. The Hall–Kier alpha value is -1.82.